The first-order valence-corrected chi connectivity index (χ1v) is 7.71. The average Bonchev–Trinajstić information content (AvgIpc) is 2.91. The van der Waals surface area contributed by atoms with Crippen LogP contribution < -0.4 is 10.1 Å². The molecule has 19 heavy (non-hydrogen) atoms. The van der Waals surface area contributed by atoms with Gasteiger partial charge in [0, 0.05) is 18.0 Å². The van der Waals surface area contributed by atoms with Gasteiger partial charge in [-0.3, -0.25) is 0 Å². The zero-order valence-corrected chi connectivity index (χ0v) is 12.7. The summed E-state index contributed by atoms with van der Waals surface area (Å²) in [4.78, 5) is 1.39. The van der Waals surface area contributed by atoms with Crippen molar-refractivity contribution in [2.45, 2.75) is 6.42 Å². The molecule has 1 N–H and O–H groups in total. The summed E-state index contributed by atoms with van der Waals surface area (Å²) >= 11 is 13.7. The van der Waals surface area contributed by atoms with Crippen LogP contribution in [0.15, 0.2) is 35.7 Å². The first kappa shape index (κ1) is 14.7. The van der Waals surface area contributed by atoms with Crippen LogP contribution in [0.5, 0.6) is 5.75 Å². The highest BCUT2D eigenvalue weighted by Crippen LogP contribution is 2.31. The van der Waals surface area contributed by atoms with Crippen LogP contribution in [-0.2, 0) is 6.42 Å². The van der Waals surface area contributed by atoms with E-state index in [4.69, 9.17) is 27.9 Å². The summed E-state index contributed by atoms with van der Waals surface area (Å²) in [5, 5.41) is 6.42. The molecule has 0 bridgehead atoms. The maximum Gasteiger partial charge on any atom is 0.139 e. The first-order chi connectivity index (χ1) is 9.27. The van der Waals surface area contributed by atoms with Crippen molar-refractivity contribution in [3.05, 3.63) is 50.6 Å². The van der Waals surface area contributed by atoms with Crippen molar-refractivity contribution in [3.63, 3.8) is 0 Å². The predicted molar refractivity (Wildman–Crippen MR) is 82.8 cm³/mol. The third-order valence-electron chi connectivity index (χ3n) is 2.58. The number of hydrogen-bond donors (Lipinski definition) is 1. The monoisotopic (exact) mass is 315 g/mol. The van der Waals surface area contributed by atoms with Gasteiger partial charge < -0.3 is 10.1 Å². The summed E-state index contributed by atoms with van der Waals surface area (Å²) in [5.41, 5.74) is 0. The summed E-state index contributed by atoms with van der Waals surface area (Å²) in [7, 11) is 0. The van der Waals surface area contributed by atoms with Gasteiger partial charge in [-0.1, -0.05) is 35.3 Å². The van der Waals surface area contributed by atoms with Crippen molar-refractivity contribution in [3.8, 4) is 5.75 Å². The van der Waals surface area contributed by atoms with Crippen LogP contribution in [0.4, 0.5) is 0 Å². The Hall–Kier alpha value is -0.740. The molecule has 1 aromatic carbocycles. The Morgan fingerprint density at radius 2 is 2.00 bits per heavy atom. The maximum atomic E-state index is 6.02. The van der Waals surface area contributed by atoms with E-state index in [1.807, 2.05) is 12.1 Å². The molecule has 5 heteroatoms. The zero-order valence-electron chi connectivity index (χ0n) is 10.4. The van der Waals surface area contributed by atoms with E-state index in [0.717, 1.165) is 19.5 Å². The SMILES string of the molecule is Clc1cccc(OCCNCCc2cccs2)c1Cl. The Labute approximate surface area is 127 Å². The standard InChI is InChI=1S/C14H15Cl2NOS/c15-12-4-1-5-13(14(12)16)18-9-8-17-7-6-11-3-2-10-19-11/h1-5,10,17H,6-9H2. The van der Waals surface area contributed by atoms with Crippen LogP contribution in [0.1, 0.15) is 4.88 Å². The molecule has 2 nitrogen and oxygen atoms in total. The highest BCUT2D eigenvalue weighted by Gasteiger charge is 2.04. The van der Waals surface area contributed by atoms with Crippen LogP contribution in [-0.4, -0.2) is 19.7 Å². The van der Waals surface area contributed by atoms with Gasteiger partial charge >= 0.3 is 0 Å². The number of nitrogens with one attached hydrogen (secondary N) is 1. The van der Waals surface area contributed by atoms with Crippen LogP contribution in [0, 0.1) is 0 Å². The van der Waals surface area contributed by atoms with E-state index in [9.17, 15) is 0 Å². The van der Waals surface area contributed by atoms with E-state index < -0.39 is 0 Å². The van der Waals surface area contributed by atoms with Gasteiger partial charge in [0.1, 0.15) is 17.4 Å². The van der Waals surface area contributed by atoms with Crippen LogP contribution in [0.25, 0.3) is 0 Å². The lowest BCUT2D eigenvalue weighted by Crippen LogP contribution is -2.23. The molecule has 0 aliphatic heterocycles. The minimum Gasteiger partial charge on any atom is -0.491 e. The van der Waals surface area contributed by atoms with E-state index in [1.165, 1.54) is 4.88 Å². The summed E-state index contributed by atoms with van der Waals surface area (Å²) in [6, 6.07) is 9.61. The summed E-state index contributed by atoms with van der Waals surface area (Å²) < 4.78 is 5.58. The molecule has 0 saturated heterocycles. The van der Waals surface area contributed by atoms with Gasteiger partial charge in [-0.15, -0.1) is 11.3 Å². The minimum absolute atomic E-state index is 0.475. The van der Waals surface area contributed by atoms with E-state index in [2.05, 4.69) is 22.8 Å². The summed E-state index contributed by atoms with van der Waals surface area (Å²) in [6.07, 6.45) is 1.05. The zero-order chi connectivity index (χ0) is 13.5. The fourth-order valence-electron chi connectivity index (χ4n) is 1.62. The van der Waals surface area contributed by atoms with Gasteiger partial charge in [0.2, 0.25) is 0 Å². The van der Waals surface area contributed by atoms with Crippen molar-refractivity contribution in [1.82, 2.24) is 5.32 Å². The lowest BCUT2D eigenvalue weighted by molar-refractivity contribution is 0.315. The third kappa shape index (κ3) is 4.69. The summed E-state index contributed by atoms with van der Waals surface area (Å²) in [5.74, 6) is 0.634. The lowest BCUT2D eigenvalue weighted by atomic mass is 10.3. The van der Waals surface area contributed by atoms with Crippen LogP contribution in [0.2, 0.25) is 10.0 Å². The van der Waals surface area contributed by atoms with Gasteiger partial charge in [0.15, 0.2) is 0 Å². The number of hydrogen-bond acceptors (Lipinski definition) is 3. The molecule has 102 valence electrons. The Morgan fingerprint density at radius 3 is 2.79 bits per heavy atom. The average molecular weight is 316 g/mol. The molecule has 0 radical (unpaired) electrons. The normalized spacial score (nSPS) is 10.6. The number of rotatable bonds is 7. The number of benzene rings is 1. The molecule has 0 fully saturated rings. The Morgan fingerprint density at radius 1 is 1.11 bits per heavy atom. The lowest BCUT2D eigenvalue weighted by Gasteiger charge is -2.09. The highest BCUT2D eigenvalue weighted by atomic mass is 35.5. The molecular formula is C14H15Cl2NOS. The van der Waals surface area contributed by atoms with E-state index >= 15 is 0 Å². The Bertz CT molecular complexity index is 502. The first-order valence-electron chi connectivity index (χ1n) is 6.07. The molecule has 0 aliphatic carbocycles. The van der Waals surface area contributed by atoms with Gasteiger partial charge in [-0.25, -0.2) is 0 Å². The smallest absolute Gasteiger partial charge is 0.139 e. The van der Waals surface area contributed by atoms with Crippen molar-refractivity contribution in [2.75, 3.05) is 19.7 Å². The van der Waals surface area contributed by atoms with Crippen LogP contribution >= 0.6 is 34.5 Å². The highest BCUT2D eigenvalue weighted by molar-refractivity contribution is 7.09. The van der Waals surface area contributed by atoms with Gasteiger partial charge in [0.05, 0.1) is 5.02 Å². The van der Waals surface area contributed by atoms with Gasteiger partial charge in [0.25, 0.3) is 0 Å². The molecule has 0 atom stereocenters. The second-order valence-corrected chi connectivity index (χ2v) is 5.80. The molecule has 0 unspecified atom stereocenters. The molecule has 0 saturated carbocycles. The Balaban J connectivity index is 1.63. The maximum absolute atomic E-state index is 6.02. The molecule has 2 rings (SSSR count). The Kier molecular flexibility index (Phi) is 5.98. The van der Waals surface area contributed by atoms with E-state index in [0.29, 0.717) is 22.4 Å². The molecular weight excluding hydrogens is 301 g/mol. The number of thiophene rings is 1. The van der Waals surface area contributed by atoms with E-state index in [1.54, 1.807) is 17.4 Å². The van der Waals surface area contributed by atoms with Crippen LogP contribution in [0.3, 0.4) is 0 Å². The molecule has 1 heterocycles. The third-order valence-corrected chi connectivity index (χ3v) is 4.32. The van der Waals surface area contributed by atoms with E-state index in [-0.39, 0.29) is 0 Å². The molecule has 2 aromatic rings. The topological polar surface area (TPSA) is 21.3 Å². The fourth-order valence-corrected chi connectivity index (χ4v) is 2.68. The summed E-state index contributed by atoms with van der Waals surface area (Å²) in [6.45, 7) is 2.31. The predicted octanol–water partition coefficient (Wildman–Crippen LogP) is 4.27. The molecule has 0 spiro atoms. The molecule has 0 amide bonds. The fraction of sp³-hybridized carbons (Fsp3) is 0.286. The van der Waals surface area contributed by atoms with Crippen molar-refractivity contribution in [1.29, 1.82) is 0 Å². The second-order valence-electron chi connectivity index (χ2n) is 3.98. The number of halogens is 2. The van der Waals surface area contributed by atoms with Crippen molar-refractivity contribution >= 4 is 34.5 Å². The molecule has 0 aliphatic rings. The quantitative estimate of drug-likeness (QED) is 0.770. The number of ether oxygens (including phenoxy) is 1. The van der Waals surface area contributed by atoms with Gasteiger partial charge in [-0.05, 0) is 30.0 Å². The van der Waals surface area contributed by atoms with Crippen molar-refractivity contribution in [2.24, 2.45) is 0 Å². The second kappa shape index (κ2) is 7.75. The van der Waals surface area contributed by atoms with Gasteiger partial charge in [-0.2, -0.15) is 0 Å². The van der Waals surface area contributed by atoms with Crippen molar-refractivity contribution < 1.29 is 4.74 Å². The molecule has 1 aromatic heterocycles. The largest absolute Gasteiger partial charge is 0.491 e. The minimum atomic E-state index is 0.475.